The number of aliphatic hydroxyl groups is 1. The second-order valence-corrected chi connectivity index (χ2v) is 4.57. The molecule has 2 aliphatic carbocycles. The van der Waals surface area contributed by atoms with E-state index >= 15 is 0 Å². The lowest BCUT2D eigenvalue weighted by atomic mass is 9.94. The number of carbonyl (C=O) groups is 2. The van der Waals surface area contributed by atoms with Crippen molar-refractivity contribution in [2.24, 2.45) is 11.8 Å². The molecule has 0 aromatic heterocycles. The zero-order valence-corrected chi connectivity index (χ0v) is 9.42. The van der Waals surface area contributed by atoms with Crippen LogP contribution in [0.15, 0.2) is 23.8 Å². The quantitative estimate of drug-likeness (QED) is 0.552. The first kappa shape index (κ1) is 11.9. The van der Waals surface area contributed by atoms with Gasteiger partial charge in [0.05, 0.1) is 6.10 Å². The Morgan fingerprint density at radius 2 is 2.18 bits per heavy atom. The standard InChI is InChI=1S/C12H14O5/c1-5(2)12(16)17-10-6-3-7(9(10)13)8(4-6)11(14)15/h4,6-7,9-10,13H,1,3H2,2H3,(H,14,15). The summed E-state index contributed by atoms with van der Waals surface area (Å²) in [5.74, 6) is -2.20. The second-order valence-electron chi connectivity index (χ2n) is 4.57. The molecule has 17 heavy (non-hydrogen) atoms. The fourth-order valence-electron chi connectivity index (χ4n) is 2.49. The second kappa shape index (κ2) is 4.00. The molecule has 1 saturated carbocycles. The lowest BCUT2D eigenvalue weighted by Gasteiger charge is -2.25. The van der Waals surface area contributed by atoms with Crippen LogP contribution in [0, 0.1) is 11.8 Å². The van der Waals surface area contributed by atoms with Crippen LogP contribution in [-0.2, 0) is 14.3 Å². The third kappa shape index (κ3) is 1.86. The zero-order valence-electron chi connectivity index (χ0n) is 9.42. The molecule has 0 radical (unpaired) electrons. The Kier molecular flexibility index (Phi) is 2.79. The minimum absolute atomic E-state index is 0.204. The van der Waals surface area contributed by atoms with Crippen LogP contribution in [0.3, 0.4) is 0 Å². The van der Waals surface area contributed by atoms with Crippen LogP contribution in [0.25, 0.3) is 0 Å². The molecule has 0 aromatic rings. The third-order valence-electron chi connectivity index (χ3n) is 3.33. The van der Waals surface area contributed by atoms with Crippen LogP contribution in [-0.4, -0.2) is 34.4 Å². The predicted molar refractivity (Wildman–Crippen MR) is 58.0 cm³/mol. The van der Waals surface area contributed by atoms with E-state index in [9.17, 15) is 14.7 Å². The Balaban J connectivity index is 2.12. The van der Waals surface area contributed by atoms with E-state index in [0.29, 0.717) is 6.42 Å². The van der Waals surface area contributed by atoms with Crippen molar-refractivity contribution in [1.29, 1.82) is 0 Å². The van der Waals surface area contributed by atoms with Gasteiger partial charge < -0.3 is 14.9 Å². The maximum Gasteiger partial charge on any atom is 0.333 e. The monoisotopic (exact) mass is 238 g/mol. The van der Waals surface area contributed by atoms with Gasteiger partial charge in [-0.2, -0.15) is 0 Å². The van der Waals surface area contributed by atoms with Crippen LogP contribution in [0.2, 0.25) is 0 Å². The van der Waals surface area contributed by atoms with Gasteiger partial charge in [0, 0.05) is 23.0 Å². The fourth-order valence-corrected chi connectivity index (χ4v) is 2.49. The average molecular weight is 238 g/mol. The Hall–Kier alpha value is -1.62. The molecule has 2 bridgehead atoms. The van der Waals surface area contributed by atoms with Gasteiger partial charge in [-0.3, -0.25) is 0 Å². The van der Waals surface area contributed by atoms with E-state index in [2.05, 4.69) is 6.58 Å². The molecule has 92 valence electrons. The highest BCUT2D eigenvalue weighted by Gasteiger charge is 2.51. The third-order valence-corrected chi connectivity index (χ3v) is 3.33. The summed E-state index contributed by atoms with van der Waals surface area (Å²) in [4.78, 5) is 22.2. The number of carbonyl (C=O) groups excluding carboxylic acids is 1. The van der Waals surface area contributed by atoms with Gasteiger partial charge in [-0.1, -0.05) is 12.7 Å². The zero-order chi connectivity index (χ0) is 12.7. The maximum atomic E-state index is 11.4. The highest BCUT2D eigenvalue weighted by molar-refractivity contribution is 5.89. The number of ether oxygens (including phenoxy) is 1. The number of rotatable bonds is 3. The van der Waals surface area contributed by atoms with Crippen LogP contribution < -0.4 is 0 Å². The molecule has 0 aromatic carbocycles. The number of hydrogen-bond donors (Lipinski definition) is 2. The van der Waals surface area contributed by atoms with Gasteiger partial charge in [-0.15, -0.1) is 0 Å². The summed E-state index contributed by atoms with van der Waals surface area (Å²) in [5, 5.41) is 18.8. The van der Waals surface area contributed by atoms with Crippen molar-refractivity contribution in [1.82, 2.24) is 0 Å². The van der Waals surface area contributed by atoms with Crippen LogP contribution in [0.5, 0.6) is 0 Å². The molecule has 4 atom stereocenters. The van der Waals surface area contributed by atoms with Crippen LogP contribution >= 0.6 is 0 Å². The number of fused-ring (bicyclic) bond motifs is 2. The highest BCUT2D eigenvalue weighted by Crippen LogP contribution is 2.45. The predicted octanol–water partition coefficient (Wildman–Crippen LogP) is 0.496. The van der Waals surface area contributed by atoms with Gasteiger partial charge in [-0.25, -0.2) is 9.59 Å². The summed E-state index contributed by atoms with van der Waals surface area (Å²) in [7, 11) is 0. The molecular weight excluding hydrogens is 224 g/mol. The van der Waals surface area contributed by atoms with Gasteiger partial charge >= 0.3 is 11.9 Å². The molecule has 1 fully saturated rings. The molecule has 0 aliphatic heterocycles. The lowest BCUT2D eigenvalue weighted by molar-refractivity contribution is -0.151. The minimum atomic E-state index is -1.01. The van der Waals surface area contributed by atoms with Gasteiger partial charge in [-0.05, 0) is 13.3 Å². The Morgan fingerprint density at radius 1 is 1.53 bits per heavy atom. The van der Waals surface area contributed by atoms with E-state index in [-0.39, 0.29) is 17.1 Å². The summed E-state index contributed by atoms with van der Waals surface area (Å²) in [5.41, 5.74) is 0.493. The molecule has 2 aliphatic rings. The fraction of sp³-hybridized carbons (Fsp3) is 0.500. The Morgan fingerprint density at radius 3 is 2.65 bits per heavy atom. The molecule has 5 heteroatoms. The van der Waals surface area contributed by atoms with Crippen molar-refractivity contribution in [3.63, 3.8) is 0 Å². The van der Waals surface area contributed by atoms with E-state index < -0.39 is 30.1 Å². The van der Waals surface area contributed by atoms with Gasteiger partial charge in [0.15, 0.2) is 0 Å². The van der Waals surface area contributed by atoms with Crippen molar-refractivity contribution >= 4 is 11.9 Å². The number of hydrogen-bond acceptors (Lipinski definition) is 4. The molecule has 0 heterocycles. The van der Waals surface area contributed by atoms with Crippen molar-refractivity contribution in [3.8, 4) is 0 Å². The molecule has 5 nitrogen and oxygen atoms in total. The maximum absolute atomic E-state index is 11.4. The minimum Gasteiger partial charge on any atom is -0.478 e. The summed E-state index contributed by atoms with van der Waals surface area (Å²) in [6.07, 6.45) is 0.527. The first-order valence-electron chi connectivity index (χ1n) is 5.41. The highest BCUT2D eigenvalue weighted by atomic mass is 16.6. The van der Waals surface area contributed by atoms with E-state index in [4.69, 9.17) is 9.84 Å². The number of aliphatic hydroxyl groups excluding tert-OH is 1. The Bertz CT molecular complexity index is 423. The SMILES string of the molecule is C=C(C)C(=O)OC1C2C=C(C(=O)O)C(C2)C1O. The molecule has 0 saturated heterocycles. The molecule has 2 N–H and O–H groups in total. The van der Waals surface area contributed by atoms with Gasteiger partial charge in [0.1, 0.15) is 6.10 Å². The van der Waals surface area contributed by atoms with Crippen LogP contribution in [0.4, 0.5) is 0 Å². The normalized spacial score (nSPS) is 34.4. The number of esters is 1. The summed E-state index contributed by atoms with van der Waals surface area (Å²) < 4.78 is 5.12. The first-order valence-corrected chi connectivity index (χ1v) is 5.41. The number of carboxylic acids is 1. The molecule has 0 amide bonds. The van der Waals surface area contributed by atoms with Gasteiger partial charge in [0.25, 0.3) is 0 Å². The average Bonchev–Trinajstić information content (AvgIpc) is 2.78. The van der Waals surface area contributed by atoms with Crippen molar-refractivity contribution in [2.75, 3.05) is 0 Å². The Labute approximate surface area is 98.4 Å². The molecule has 0 spiro atoms. The molecule has 2 rings (SSSR count). The van der Waals surface area contributed by atoms with E-state index in [1.165, 1.54) is 6.92 Å². The van der Waals surface area contributed by atoms with E-state index in [1.54, 1.807) is 6.08 Å². The molecular formula is C12H14O5. The van der Waals surface area contributed by atoms with E-state index in [1.807, 2.05) is 0 Å². The van der Waals surface area contributed by atoms with Crippen molar-refractivity contribution < 1.29 is 24.5 Å². The first-order chi connectivity index (χ1) is 7.91. The lowest BCUT2D eigenvalue weighted by Crippen LogP contribution is -2.37. The van der Waals surface area contributed by atoms with Gasteiger partial charge in [0.2, 0.25) is 0 Å². The topological polar surface area (TPSA) is 83.8 Å². The van der Waals surface area contributed by atoms with Crippen LogP contribution in [0.1, 0.15) is 13.3 Å². The number of aliphatic carboxylic acids is 1. The smallest absolute Gasteiger partial charge is 0.333 e. The summed E-state index contributed by atoms with van der Waals surface area (Å²) >= 11 is 0. The largest absolute Gasteiger partial charge is 0.478 e. The molecule has 4 unspecified atom stereocenters. The van der Waals surface area contributed by atoms with E-state index in [0.717, 1.165) is 0 Å². The van der Waals surface area contributed by atoms with Crippen molar-refractivity contribution in [2.45, 2.75) is 25.6 Å². The number of carboxylic acid groups (broad SMARTS) is 1. The summed E-state index contributed by atoms with van der Waals surface area (Å²) in [6, 6.07) is 0. The summed E-state index contributed by atoms with van der Waals surface area (Å²) in [6.45, 7) is 4.99. The van der Waals surface area contributed by atoms with Crippen molar-refractivity contribution in [3.05, 3.63) is 23.8 Å².